The molecule has 0 fully saturated rings. The molecule has 0 aliphatic carbocycles. The first kappa shape index (κ1) is 33.1. The third-order valence-corrected chi connectivity index (χ3v) is 11.6. The van der Waals surface area contributed by atoms with Crippen molar-refractivity contribution in [2.75, 3.05) is 0 Å². The number of hydrogen-bond acceptors (Lipinski definition) is 3. The van der Waals surface area contributed by atoms with Gasteiger partial charge in [-0.25, -0.2) is 9.67 Å². The molecule has 0 aliphatic rings. The van der Waals surface area contributed by atoms with Gasteiger partial charge in [0.25, 0.3) is 0 Å². The smallest absolute Gasteiger partial charge is 0.173 e. The minimum atomic E-state index is 0.659. The second-order valence-corrected chi connectivity index (χ2v) is 14.9. The van der Waals surface area contributed by atoms with Gasteiger partial charge in [-0.3, -0.25) is 4.98 Å². The Morgan fingerprint density at radius 3 is 1.54 bits per heavy atom. The highest BCUT2D eigenvalue weighted by Gasteiger charge is 2.21. The zero-order valence-electron chi connectivity index (χ0n) is 31.8. The summed E-state index contributed by atoms with van der Waals surface area (Å²) in [5.41, 5.74) is 13.8. The standard InChI is InChI=1S/C53H34N6/c1-5-15-35(16-6-1)51-52(36-17-7-2-8-18-36)56-50(34-54-51)59-49-30-27-42-44-32-38(26-29-48(44)58(40-21-11-4-12-22-40)53(42)45(49)33-55-59)37-25-28-47-43(31-37)41-23-13-14-24-46(41)57(47)39-19-9-3-10-20-39/h1-34H. The minimum absolute atomic E-state index is 0.659. The Morgan fingerprint density at radius 1 is 0.339 bits per heavy atom. The van der Waals surface area contributed by atoms with Crippen LogP contribution in [-0.2, 0) is 0 Å². The summed E-state index contributed by atoms with van der Waals surface area (Å²) >= 11 is 0. The lowest BCUT2D eigenvalue weighted by atomic mass is 10.0. The summed E-state index contributed by atoms with van der Waals surface area (Å²) in [4.78, 5) is 10.3. The molecule has 0 bridgehead atoms. The quantitative estimate of drug-likeness (QED) is 0.170. The fraction of sp³-hybridized carbons (Fsp3) is 0. The third kappa shape index (κ3) is 5.24. The Hall–Kier alpha value is -8.09. The second kappa shape index (κ2) is 13.3. The van der Waals surface area contributed by atoms with Crippen molar-refractivity contribution in [3.05, 3.63) is 207 Å². The summed E-state index contributed by atoms with van der Waals surface area (Å²) < 4.78 is 6.66. The van der Waals surface area contributed by atoms with Gasteiger partial charge in [0.05, 0.1) is 51.4 Å². The molecule has 12 rings (SSSR count). The van der Waals surface area contributed by atoms with Crippen LogP contribution in [0, 0.1) is 0 Å². The van der Waals surface area contributed by atoms with Gasteiger partial charge in [-0.05, 0) is 77.9 Å². The Bertz CT molecular complexity index is 3530. The van der Waals surface area contributed by atoms with Gasteiger partial charge >= 0.3 is 0 Å². The summed E-state index contributed by atoms with van der Waals surface area (Å²) in [6.45, 7) is 0. The van der Waals surface area contributed by atoms with Crippen LogP contribution in [0.3, 0.4) is 0 Å². The number of aromatic nitrogens is 6. The fourth-order valence-electron chi connectivity index (χ4n) is 8.91. The van der Waals surface area contributed by atoms with Gasteiger partial charge in [-0.1, -0.05) is 127 Å². The molecule has 0 saturated carbocycles. The van der Waals surface area contributed by atoms with Crippen molar-refractivity contribution in [2.45, 2.75) is 0 Å². The van der Waals surface area contributed by atoms with Crippen molar-refractivity contribution in [1.82, 2.24) is 28.9 Å². The molecule has 0 unspecified atom stereocenters. The van der Waals surface area contributed by atoms with Gasteiger partial charge in [0, 0.05) is 49.4 Å². The van der Waals surface area contributed by atoms with Crippen LogP contribution in [-0.4, -0.2) is 28.9 Å². The maximum atomic E-state index is 5.25. The fourth-order valence-corrected chi connectivity index (χ4v) is 8.91. The molecule has 276 valence electrons. The minimum Gasteiger partial charge on any atom is -0.309 e. The van der Waals surface area contributed by atoms with Crippen molar-refractivity contribution < 1.29 is 0 Å². The van der Waals surface area contributed by atoms with Crippen molar-refractivity contribution in [1.29, 1.82) is 0 Å². The number of fused-ring (bicyclic) bond motifs is 8. The number of para-hydroxylation sites is 3. The molecule has 6 nitrogen and oxygen atoms in total. The highest BCUT2D eigenvalue weighted by Crippen LogP contribution is 2.41. The molecule has 59 heavy (non-hydrogen) atoms. The molecule has 4 heterocycles. The number of hydrogen-bond donors (Lipinski definition) is 0. The number of rotatable bonds is 6. The Labute approximate surface area is 339 Å². The van der Waals surface area contributed by atoms with Gasteiger partial charge in [0.15, 0.2) is 5.82 Å². The van der Waals surface area contributed by atoms with Crippen LogP contribution in [0.1, 0.15) is 0 Å². The van der Waals surface area contributed by atoms with Gasteiger partial charge in [-0.15, -0.1) is 0 Å². The van der Waals surface area contributed by atoms with Gasteiger partial charge < -0.3 is 9.13 Å². The van der Waals surface area contributed by atoms with E-state index in [1.165, 1.54) is 38.3 Å². The molecule has 0 radical (unpaired) electrons. The van der Waals surface area contributed by atoms with Crippen LogP contribution < -0.4 is 0 Å². The molecule has 0 spiro atoms. The molecule has 4 aromatic heterocycles. The number of benzene rings is 8. The summed E-state index contributed by atoms with van der Waals surface area (Å²) in [5.74, 6) is 0.659. The Balaban J connectivity index is 1.04. The van der Waals surface area contributed by atoms with Crippen molar-refractivity contribution >= 4 is 54.5 Å². The summed E-state index contributed by atoms with van der Waals surface area (Å²) in [6, 6.07) is 68.6. The van der Waals surface area contributed by atoms with E-state index in [2.05, 4.69) is 167 Å². The Kier molecular flexibility index (Phi) is 7.43. The lowest BCUT2D eigenvalue weighted by Crippen LogP contribution is -2.03. The molecule has 0 atom stereocenters. The highest BCUT2D eigenvalue weighted by molar-refractivity contribution is 6.19. The first-order chi connectivity index (χ1) is 29.3. The van der Waals surface area contributed by atoms with Crippen LogP contribution in [0.2, 0.25) is 0 Å². The lowest BCUT2D eigenvalue weighted by molar-refractivity contribution is 0.867. The predicted octanol–water partition coefficient (Wildman–Crippen LogP) is 13.0. The van der Waals surface area contributed by atoms with E-state index in [0.29, 0.717) is 5.82 Å². The average molecular weight is 755 g/mol. The molecule has 0 amide bonds. The predicted molar refractivity (Wildman–Crippen MR) is 242 cm³/mol. The zero-order chi connectivity index (χ0) is 38.9. The van der Waals surface area contributed by atoms with Crippen LogP contribution in [0.15, 0.2) is 207 Å². The van der Waals surface area contributed by atoms with Crippen molar-refractivity contribution in [3.8, 4) is 50.8 Å². The molecule has 6 heteroatoms. The molecule has 8 aromatic carbocycles. The molecular formula is C53H34N6. The van der Waals surface area contributed by atoms with E-state index in [4.69, 9.17) is 15.1 Å². The lowest BCUT2D eigenvalue weighted by Gasteiger charge is -2.11. The van der Waals surface area contributed by atoms with Gasteiger partial charge in [0.2, 0.25) is 0 Å². The second-order valence-electron chi connectivity index (χ2n) is 14.9. The van der Waals surface area contributed by atoms with E-state index in [-0.39, 0.29) is 0 Å². The average Bonchev–Trinajstić information content (AvgIpc) is 4.00. The van der Waals surface area contributed by atoms with Crippen molar-refractivity contribution in [2.24, 2.45) is 0 Å². The largest absolute Gasteiger partial charge is 0.309 e. The van der Waals surface area contributed by atoms with Crippen molar-refractivity contribution in [3.63, 3.8) is 0 Å². The maximum Gasteiger partial charge on any atom is 0.173 e. The van der Waals surface area contributed by atoms with Crippen LogP contribution in [0.25, 0.3) is 105 Å². The molecule has 0 N–H and O–H groups in total. The van der Waals surface area contributed by atoms with E-state index in [9.17, 15) is 0 Å². The summed E-state index contributed by atoms with van der Waals surface area (Å²) in [6.07, 6.45) is 3.81. The first-order valence-electron chi connectivity index (χ1n) is 19.9. The summed E-state index contributed by atoms with van der Waals surface area (Å²) in [7, 11) is 0. The van der Waals surface area contributed by atoms with Gasteiger partial charge in [0.1, 0.15) is 0 Å². The Morgan fingerprint density at radius 2 is 0.864 bits per heavy atom. The van der Waals surface area contributed by atoms with E-state index in [1.54, 1.807) is 0 Å². The van der Waals surface area contributed by atoms with E-state index >= 15 is 0 Å². The highest BCUT2D eigenvalue weighted by atomic mass is 15.3. The molecule has 0 saturated heterocycles. The van der Waals surface area contributed by atoms with Gasteiger partial charge in [-0.2, -0.15) is 5.10 Å². The zero-order valence-corrected chi connectivity index (χ0v) is 31.8. The molecular weight excluding hydrogens is 721 g/mol. The number of nitrogens with zero attached hydrogens (tertiary/aromatic N) is 6. The van der Waals surface area contributed by atoms with Crippen LogP contribution in [0.5, 0.6) is 0 Å². The topological polar surface area (TPSA) is 53.5 Å². The first-order valence-corrected chi connectivity index (χ1v) is 19.9. The SMILES string of the molecule is c1ccc(-c2ncc(-n3ncc4c3ccc3c5cc(-c6ccc7c(c6)c6ccccc6n7-c6ccccc6)ccc5n(-c5ccccc5)c34)nc2-c2ccccc2)cc1. The van der Waals surface area contributed by atoms with Crippen LogP contribution >= 0.6 is 0 Å². The van der Waals surface area contributed by atoms with E-state index in [0.717, 1.165) is 61.2 Å². The monoisotopic (exact) mass is 754 g/mol. The molecule has 12 aromatic rings. The third-order valence-electron chi connectivity index (χ3n) is 11.6. The normalized spacial score (nSPS) is 11.7. The van der Waals surface area contributed by atoms with E-state index < -0.39 is 0 Å². The van der Waals surface area contributed by atoms with Crippen LogP contribution in [0.4, 0.5) is 0 Å². The molecule has 0 aliphatic heterocycles. The van der Waals surface area contributed by atoms with E-state index in [1.807, 2.05) is 53.5 Å². The summed E-state index contributed by atoms with van der Waals surface area (Å²) in [5, 5.41) is 10.9. The maximum absolute atomic E-state index is 5.25.